The van der Waals surface area contributed by atoms with Crippen LogP contribution in [0, 0.1) is 17.0 Å². The zero-order valence-corrected chi connectivity index (χ0v) is 11.9. The maximum absolute atomic E-state index is 12.3. The Kier molecular flexibility index (Phi) is 4.33. The second-order valence-corrected chi connectivity index (χ2v) is 4.81. The van der Waals surface area contributed by atoms with E-state index in [0.29, 0.717) is 11.1 Å². The molecule has 0 aliphatic heterocycles. The molecule has 0 aromatic heterocycles. The molecule has 2 rings (SSSR count). The summed E-state index contributed by atoms with van der Waals surface area (Å²) in [5, 5.41) is 13.8. The lowest BCUT2D eigenvalue weighted by atomic mass is 10.0. The zero-order chi connectivity index (χ0) is 15.4. The molecular formula is C16H16N2O3. The summed E-state index contributed by atoms with van der Waals surface area (Å²) in [6, 6.07) is 13.9. The van der Waals surface area contributed by atoms with Crippen LogP contribution in [0.1, 0.15) is 34.5 Å². The topological polar surface area (TPSA) is 72.2 Å². The molecule has 1 amide bonds. The molecule has 0 spiro atoms. The number of nitrogens with zero attached hydrogens (tertiary/aromatic N) is 1. The fourth-order valence-electron chi connectivity index (χ4n) is 2.17. The van der Waals surface area contributed by atoms with Gasteiger partial charge in [-0.05, 0) is 25.5 Å². The van der Waals surface area contributed by atoms with Gasteiger partial charge in [-0.2, -0.15) is 0 Å². The van der Waals surface area contributed by atoms with Crippen LogP contribution >= 0.6 is 0 Å². The van der Waals surface area contributed by atoms with Crippen molar-refractivity contribution >= 4 is 11.6 Å². The maximum Gasteiger partial charge on any atom is 0.273 e. The number of nitro benzene ring substituents is 1. The highest BCUT2D eigenvalue weighted by Crippen LogP contribution is 2.22. The van der Waals surface area contributed by atoms with E-state index in [0.717, 1.165) is 5.56 Å². The van der Waals surface area contributed by atoms with Crippen LogP contribution < -0.4 is 5.32 Å². The second kappa shape index (κ2) is 6.17. The Morgan fingerprint density at radius 2 is 1.81 bits per heavy atom. The molecule has 1 atom stereocenters. The van der Waals surface area contributed by atoms with E-state index in [4.69, 9.17) is 0 Å². The lowest BCUT2D eigenvalue weighted by Gasteiger charge is -2.15. The summed E-state index contributed by atoms with van der Waals surface area (Å²) < 4.78 is 0. The summed E-state index contributed by atoms with van der Waals surface area (Å²) in [6.45, 7) is 3.46. The minimum absolute atomic E-state index is 0.0463. The number of hydrogen-bond donors (Lipinski definition) is 1. The molecule has 0 radical (unpaired) electrons. The van der Waals surface area contributed by atoms with E-state index in [1.807, 2.05) is 37.3 Å². The van der Waals surface area contributed by atoms with Gasteiger partial charge in [0.2, 0.25) is 0 Å². The monoisotopic (exact) mass is 284 g/mol. The smallest absolute Gasteiger partial charge is 0.273 e. The van der Waals surface area contributed by atoms with Gasteiger partial charge in [-0.3, -0.25) is 14.9 Å². The van der Waals surface area contributed by atoms with Gasteiger partial charge < -0.3 is 5.32 Å². The molecular weight excluding hydrogens is 268 g/mol. The largest absolute Gasteiger partial charge is 0.346 e. The molecule has 0 bridgehead atoms. The first-order valence-electron chi connectivity index (χ1n) is 6.60. The highest BCUT2D eigenvalue weighted by molar-refractivity contribution is 5.96. The van der Waals surface area contributed by atoms with Crippen molar-refractivity contribution in [3.63, 3.8) is 0 Å². The summed E-state index contributed by atoms with van der Waals surface area (Å²) >= 11 is 0. The van der Waals surface area contributed by atoms with E-state index >= 15 is 0 Å². The molecule has 5 heteroatoms. The van der Waals surface area contributed by atoms with Crippen LogP contribution in [0.5, 0.6) is 0 Å². The van der Waals surface area contributed by atoms with E-state index in [1.165, 1.54) is 12.1 Å². The number of nitro groups is 1. The number of rotatable bonds is 4. The number of carbonyl (C=O) groups excluding carboxylic acids is 1. The quantitative estimate of drug-likeness (QED) is 0.691. The first-order chi connectivity index (χ1) is 10.0. The SMILES string of the molecule is Cc1c(C(=O)N[C@@H](C)c2ccccc2)cccc1[N+](=O)[O-]. The molecule has 5 nitrogen and oxygen atoms in total. The lowest BCUT2D eigenvalue weighted by molar-refractivity contribution is -0.385. The predicted octanol–water partition coefficient (Wildman–Crippen LogP) is 3.39. The molecule has 0 unspecified atom stereocenters. The minimum atomic E-state index is -0.479. The van der Waals surface area contributed by atoms with Crippen LogP contribution in [0.15, 0.2) is 48.5 Å². The molecule has 21 heavy (non-hydrogen) atoms. The van der Waals surface area contributed by atoms with Crippen LogP contribution in [-0.2, 0) is 0 Å². The summed E-state index contributed by atoms with van der Waals surface area (Å²) in [7, 11) is 0. The Labute approximate surface area is 122 Å². The number of amides is 1. The molecule has 0 saturated heterocycles. The molecule has 0 saturated carbocycles. The Morgan fingerprint density at radius 1 is 1.14 bits per heavy atom. The molecule has 0 aliphatic carbocycles. The van der Waals surface area contributed by atoms with Gasteiger partial charge >= 0.3 is 0 Å². The normalized spacial score (nSPS) is 11.7. The van der Waals surface area contributed by atoms with E-state index in [-0.39, 0.29) is 17.6 Å². The van der Waals surface area contributed by atoms with Crippen molar-refractivity contribution in [2.24, 2.45) is 0 Å². The highest BCUT2D eigenvalue weighted by Gasteiger charge is 2.19. The van der Waals surface area contributed by atoms with Crippen molar-refractivity contribution in [2.75, 3.05) is 0 Å². The van der Waals surface area contributed by atoms with Gasteiger partial charge in [-0.1, -0.05) is 36.4 Å². The third-order valence-corrected chi connectivity index (χ3v) is 3.39. The predicted molar refractivity (Wildman–Crippen MR) is 80.2 cm³/mol. The van der Waals surface area contributed by atoms with Gasteiger partial charge in [-0.15, -0.1) is 0 Å². The summed E-state index contributed by atoms with van der Waals surface area (Å²) in [4.78, 5) is 22.7. The fourth-order valence-corrected chi connectivity index (χ4v) is 2.17. The molecule has 1 N–H and O–H groups in total. The van der Waals surface area contributed by atoms with Gasteiger partial charge in [0.25, 0.3) is 11.6 Å². The van der Waals surface area contributed by atoms with Gasteiger partial charge in [0, 0.05) is 17.2 Å². The van der Waals surface area contributed by atoms with Gasteiger partial charge in [-0.25, -0.2) is 0 Å². The van der Waals surface area contributed by atoms with E-state index in [9.17, 15) is 14.9 Å². The first-order valence-corrected chi connectivity index (χ1v) is 6.60. The maximum atomic E-state index is 12.3. The summed E-state index contributed by atoms with van der Waals surface area (Å²) in [6.07, 6.45) is 0. The van der Waals surface area contributed by atoms with Crippen molar-refractivity contribution in [1.82, 2.24) is 5.32 Å². The molecule has 0 aliphatic rings. The van der Waals surface area contributed by atoms with Crippen molar-refractivity contribution in [3.05, 3.63) is 75.3 Å². The van der Waals surface area contributed by atoms with Crippen molar-refractivity contribution < 1.29 is 9.72 Å². The fraction of sp³-hybridized carbons (Fsp3) is 0.188. The summed E-state index contributed by atoms with van der Waals surface area (Å²) in [5.41, 5.74) is 1.64. The highest BCUT2D eigenvalue weighted by atomic mass is 16.6. The molecule has 0 fully saturated rings. The minimum Gasteiger partial charge on any atom is -0.346 e. The van der Waals surface area contributed by atoms with Crippen molar-refractivity contribution in [2.45, 2.75) is 19.9 Å². The van der Waals surface area contributed by atoms with E-state index in [2.05, 4.69) is 5.32 Å². The Balaban J connectivity index is 2.22. The van der Waals surface area contributed by atoms with Gasteiger partial charge in [0.1, 0.15) is 0 Å². The number of carbonyl (C=O) groups is 1. The molecule has 2 aromatic rings. The average molecular weight is 284 g/mol. The van der Waals surface area contributed by atoms with Crippen LogP contribution in [0.4, 0.5) is 5.69 Å². The van der Waals surface area contributed by atoms with Crippen molar-refractivity contribution in [3.8, 4) is 0 Å². The number of benzene rings is 2. The van der Waals surface area contributed by atoms with Crippen molar-refractivity contribution in [1.29, 1.82) is 0 Å². The summed E-state index contributed by atoms with van der Waals surface area (Å²) in [5.74, 6) is -0.312. The average Bonchev–Trinajstić information content (AvgIpc) is 2.47. The standard InChI is InChI=1S/C16H16N2O3/c1-11-14(9-6-10-15(11)18(20)21)16(19)17-12(2)13-7-4-3-5-8-13/h3-10,12H,1-2H3,(H,17,19)/t12-/m0/s1. The van der Waals surface area contributed by atoms with Crippen LogP contribution in [0.2, 0.25) is 0 Å². The third-order valence-electron chi connectivity index (χ3n) is 3.39. The Morgan fingerprint density at radius 3 is 2.43 bits per heavy atom. The van der Waals surface area contributed by atoms with Gasteiger partial charge in [0.15, 0.2) is 0 Å². The van der Waals surface area contributed by atoms with E-state index in [1.54, 1.807) is 13.0 Å². The number of hydrogen-bond acceptors (Lipinski definition) is 3. The zero-order valence-electron chi connectivity index (χ0n) is 11.9. The van der Waals surface area contributed by atoms with Crippen LogP contribution in [-0.4, -0.2) is 10.8 Å². The lowest BCUT2D eigenvalue weighted by Crippen LogP contribution is -2.27. The second-order valence-electron chi connectivity index (χ2n) is 4.81. The molecule has 108 valence electrons. The third kappa shape index (κ3) is 3.25. The van der Waals surface area contributed by atoms with Crippen LogP contribution in [0.3, 0.4) is 0 Å². The first kappa shape index (κ1) is 14.7. The number of nitrogens with one attached hydrogen (secondary N) is 1. The Hall–Kier alpha value is -2.69. The Bertz CT molecular complexity index is 668. The molecule has 2 aromatic carbocycles. The van der Waals surface area contributed by atoms with Crippen LogP contribution in [0.25, 0.3) is 0 Å². The molecule has 0 heterocycles. The van der Waals surface area contributed by atoms with E-state index < -0.39 is 4.92 Å². The van der Waals surface area contributed by atoms with Gasteiger partial charge in [0.05, 0.1) is 11.0 Å².